The summed E-state index contributed by atoms with van der Waals surface area (Å²) in [6.45, 7) is 4.05. The Balaban J connectivity index is 2.22. The summed E-state index contributed by atoms with van der Waals surface area (Å²) >= 11 is 0. The van der Waals surface area contributed by atoms with Gasteiger partial charge >= 0.3 is 0 Å². The second-order valence-corrected chi connectivity index (χ2v) is 4.56. The number of aryl methyl sites for hydroxylation is 3. The number of aromatic nitrogens is 4. The van der Waals surface area contributed by atoms with Crippen molar-refractivity contribution in [1.82, 2.24) is 25.3 Å². The van der Waals surface area contributed by atoms with E-state index in [4.69, 9.17) is 0 Å². The number of hydrogen-bond donors (Lipinski definition) is 1. The van der Waals surface area contributed by atoms with Gasteiger partial charge in [-0.15, -0.1) is 5.10 Å². The molecule has 0 spiro atoms. The molecule has 2 heterocycles. The zero-order valence-corrected chi connectivity index (χ0v) is 11.3. The third kappa shape index (κ3) is 2.73. The molecular formula is C13H19N5. The fourth-order valence-electron chi connectivity index (χ4n) is 2.13. The van der Waals surface area contributed by atoms with Crippen LogP contribution >= 0.6 is 0 Å². The van der Waals surface area contributed by atoms with E-state index < -0.39 is 0 Å². The lowest BCUT2D eigenvalue weighted by atomic mass is 10.0. The minimum absolute atomic E-state index is 0.217. The molecule has 0 saturated carbocycles. The highest BCUT2D eigenvalue weighted by Crippen LogP contribution is 2.19. The average molecular weight is 245 g/mol. The number of nitrogens with zero attached hydrogens (tertiary/aromatic N) is 4. The predicted octanol–water partition coefficient (Wildman–Crippen LogP) is 1.33. The van der Waals surface area contributed by atoms with Crippen molar-refractivity contribution in [3.63, 3.8) is 0 Å². The molecule has 0 fully saturated rings. The largest absolute Gasteiger partial charge is 0.313 e. The van der Waals surface area contributed by atoms with Crippen molar-refractivity contribution >= 4 is 0 Å². The van der Waals surface area contributed by atoms with Gasteiger partial charge in [0.05, 0.1) is 5.69 Å². The molecule has 0 aliphatic heterocycles. The van der Waals surface area contributed by atoms with Crippen LogP contribution in [0.1, 0.15) is 28.7 Å². The smallest absolute Gasteiger partial charge is 0.0845 e. The first kappa shape index (κ1) is 12.7. The minimum atomic E-state index is 0.217. The van der Waals surface area contributed by atoms with Gasteiger partial charge in [-0.05, 0) is 32.5 Å². The van der Waals surface area contributed by atoms with E-state index in [9.17, 15) is 0 Å². The third-order valence-corrected chi connectivity index (χ3v) is 3.05. The number of rotatable bonds is 4. The quantitative estimate of drug-likeness (QED) is 0.883. The standard InChI is InChI=1S/C13H19N5/c1-9-5-6-12(10(2)15-9)13(14-3)7-11-8-18(4)17-16-11/h5-6,8,13-14H,7H2,1-4H3. The Labute approximate surface area is 107 Å². The van der Waals surface area contributed by atoms with Crippen LogP contribution in [0.5, 0.6) is 0 Å². The van der Waals surface area contributed by atoms with Crippen molar-refractivity contribution < 1.29 is 0 Å². The first-order valence-electron chi connectivity index (χ1n) is 6.06. The van der Waals surface area contributed by atoms with E-state index >= 15 is 0 Å². The van der Waals surface area contributed by atoms with Gasteiger partial charge in [-0.1, -0.05) is 11.3 Å². The van der Waals surface area contributed by atoms with Crippen LogP contribution < -0.4 is 5.32 Å². The number of likely N-dealkylation sites (N-methyl/N-ethyl adjacent to an activating group) is 1. The first-order valence-corrected chi connectivity index (χ1v) is 6.06. The SMILES string of the molecule is CNC(Cc1cn(C)nn1)c1ccc(C)nc1C. The highest BCUT2D eigenvalue weighted by Gasteiger charge is 2.15. The Bertz CT molecular complexity index is 532. The number of hydrogen-bond acceptors (Lipinski definition) is 4. The van der Waals surface area contributed by atoms with Gasteiger partial charge in [-0.3, -0.25) is 9.67 Å². The van der Waals surface area contributed by atoms with Crippen LogP contribution in [-0.4, -0.2) is 27.0 Å². The van der Waals surface area contributed by atoms with Gasteiger partial charge in [0.1, 0.15) is 0 Å². The molecule has 2 aromatic rings. The van der Waals surface area contributed by atoms with Crippen LogP contribution in [0, 0.1) is 13.8 Å². The minimum Gasteiger partial charge on any atom is -0.313 e. The molecule has 0 aliphatic carbocycles. The van der Waals surface area contributed by atoms with Gasteiger partial charge in [0, 0.05) is 37.1 Å². The molecule has 0 radical (unpaired) electrons. The van der Waals surface area contributed by atoms with Crippen LogP contribution in [0.4, 0.5) is 0 Å². The first-order chi connectivity index (χ1) is 8.60. The predicted molar refractivity (Wildman–Crippen MR) is 70.2 cm³/mol. The van der Waals surface area contributed by atoms with Crippen LogP contribution in [0.25, 0.3) is 0 Å². The highest BCUT2D eigenvalue weighted by molar-refractivity contribution is 5.26. The summed E-state index contributed by atoms with van der Waals surface area (Å²) in [5.41, 5.74) is 4.31. The molecule has 2 rings (SSSR count). The summed E-state index contributed by atoms with van der Waals surface area (Å²) < 4.78 is 1.72. The lowest BCUT2D eigenvalue weighted by Gasteiger charge is -2.17. The summed E-state index contributed by atoms with van der Waals surface area (Å²) in [5, 5.41) is 11.4. The van der Waals surface area contributed by atoms with Gasteiger partial charge in [-0.25, -0.2) is 0 Å². The van der Waals surface area contributed by atoms with E-state index in [1.807, 2.05) is 40.2 Å². The van der Waals surface area contributed by atoms with Gasteiger partial charge in [0.15, 0.2) is 0 Å². The zero-order valence-electron chi connectivity index (χ0n) is 11.3. The van der Waals surface area contributed by atoms with Gasteiger partial charge < -0.3 is 5.32 Å². The summed E-state index contributed by atoms with van der Waals surface area (Å²) in [6, 6.07) is 4.40. The lowest BCUT2D eigenvalue weighted by Crippen LogP contribution is -2.20. The lowest BCUT2D eigenvalue weighted by molar-refractivity contribution is 0.577. The van der Waals surface area contributed by atoms with Crippen LogP contribution in [0.2, 0.25) is 0 Å². The molecule has 0 amide bonds. The van der Waals surface area contributed by atoms with Crippen LogP contribution in [-0.2, 0) is 13.5 Å². The molecule has 5 heteroatoms. The fraction of sp³-hybridized carbons (Fsp3) is 0.462. The molecule has 1 N–H and O–H groups in total. The zero-order chi connectivity index (χ0) is 13.1. The summed E-state index contributed by atoms with van der Waals surface area (Å²) in [6.07, 6.45) is 2.76. The maximum atomic E-state index is 4.51. The molecule has 5 nitrogen and oxygen atoms in total. The monoisotopic (exact) mass is 245 g/mol. The molecule has 18 heavy (non-hydrogen) atoms. The molecular weight excluding hydrogens is 226 g/mol. The summed E-state index contributed by atoms with van der Waals surface area (Å²) in [4.78, 5) is 4.51. The molecule has 1 unspecified atom stereocenters. The van der Waals surface area contributed by atoms with E-state index in [1.165, 1.54) is 5.56 Å². The average Bonchev–Trinajstić information content (AvgIpc) is 2.72. The van der Waals surface area contributed by atoms with E-state index in [0.717, 1.165) is 23.5 Å². The second kappa shape index (κ2) is 5.27. The Hall–Kier alpha value is -1.75. The highest BCUT2D eigenvalue weighted by atomic mass is 15.4. The molecule has 0 aliphatic rings. The maximum absolute atomic E-state index is 4.51. The normalized spacial score (nSPS) is 12.7. The van der Waals surface area contributed by atoms with Crippen molar-refractivity contribution in [2.45, 2.75) is 26.3 Å². The van der Waals surface area contributed by atoms with Crippen molar-refractivity contribution in [3.8, 4) is 0 Å². The molecule has 0 bridgehead atoms. The van der Waals surface area contributed by atoms with Gasteiger partial charge in [0.2, 0.25) is 0 Å². The van der Waals surface area contributed by atoms with Gasteiger partial charge in [0.25, 0.3) is 0 Å². The van der Waals surface area contributed by atoms with Crippen LogP contribution in [0.15, 0.2) is 18.3 Å². The van der Waals surface area contributed by atoms with Gasteiger partial charge in [-0.2, -0.15) is 0 Å². The van der Waals surface area contributed by atoms with Crippen molar-refractivity contribution in [2.24, 2.45) is 7.05 Å². The van der Waals surface area contributed by atoms with E-state index in [1.54, 1.807) is 4.68 Å². The van der Waals surface area contributed by atoms with Crippen molar-refractivity contribution in [3.05, 3.63) is 41.0 Å². The van der Waals surface area contributed by atoms with Crippen molar-refractivity contribution in [2.75, 3.05) is 7.05 Å². The van der Waals surface area contributed by atoms with E-state index in [0.29, 0.717) is 0 Å². The number of pyridine rings is 1. The number of nitrogens with one attached hydrogen (secondary N) is 1. The fourth-order valence-corrected chi connectivity index (χ4v) is 2.13. The second-order valence-electron chi connectivity index (χ2n) is 4.56. The Morgan fingerprint density at radius 2 is 2.11 bits per heavy atom. The maximum Gasteiger partial charge on any atom is 0.0845 e. The third-order valence-electron chi connectivity index (χ3n) is 3.05. The molecule has 0 aromatic carbocycles. The van der Waals surface area contributed by atoms with E-state index in [-0.39, 0.29) is 6.04 Å². The molecule has 1 atom stereocenters. The Morgan fingerprint density at radius 1 is 1.33 bits per heavy atom. The van der Waals surface area contributed by atoms with Crippen molar-refractivity contribution in [1.29, 1.82) is 0 Å². The summed E-state index contributed by atoms with van der Waals surface area (Å²) in [5.74, 6) is 0. The topological polar surface area (TPSA) is 55.6 Å². The van der Waals surface area contributed by atoms with E-state index in [2.05, 4.69) is 26.7 Å². The van der Waals surface area contributed by atoms with Crippen LogP contribution in [0.3, 0.4) is 0 Å². The summed E-state index contributed by atoms with van der Waals surface area (Å²) in [7, 11) is 3.84. The molecule has 0 saturated heterocycles. The Morgan fingerprint density at radius 3 is 2.67 bits per heavy atom. The molecule has 2 aromatic heterocycles. The Kier molecular flexibility index (Phi) is 3.72. The molecule has 96 valence electrons.